The van der Waals surface area contributed by atoms with Gasteiger partial charge in [0, 0.05) is 23.8 Å². The molecule has 1 N–H and O–H groups in total. The highest BCUT2D eigenvalue weighted by atomic mass is 79.9. The molecule has 1 aliphatic heterocycles. The van der Waals surface area contributed by atoms with Crippen molar-refractivity contribution in [2.45, 2.75) is 5.92 Å². The molecule has 0 amide bonds. The van der Waals surface area contributed by atoms with Crippen molar-refractivity contribution in [3.8, 4) is 0 Å². The van der Waals surface area contributed by atoms with E-state index in [-0.39, 0.29) is 5.92 Å². The molecule has 1 aromatic carbocycles. The van der Waals surface area contributed by atoms with Crippen LogP contribution in [0.4, 0.5) is 5.69 Å². The number of benzene rings is 1. The zero-order valence-electron chi connectivity index (χ0n) is 7.70. The van der Waals surface area contributed by atoms with Crippen LogP contribution >= 0.6 is 15.9 Å². The molecular formula is C10H10BrNO2. The summed E-state index contributed by atoms with van der Waals surface area (Å²) < 4.78 is 0.981. The first-order valence-electron chi connectivity index (χ1n) is 4.33. The Morgan fingerprint density at radius 3 is 3.00 bits per heavy atom. The molecule has 2 rings (SSSR count). The third kappa shape index (κ3) is 1.39. The summed E-state index contributed by atoms with van der Waals surface area (Å²) in [6.45, 7) is 0.557. The molecule has 1 heterocycles. The second-order valence-corrected chi connectivity index (χ2v) is 4.39. The number of carboxylic acids is 1. The number of likely N-dealkylation sites (N-methyl/N-ethyl adjacent to an activating group) is 1. The maximum absolute atomic E-state index is 11.0. The Morgan fingerprint density at radius 2 is 2.36 bits per heavy atom. The lowest BCUT2D eigenvalue weighted by molar-refractivity contribution is -0.138. The Balaban J connectivity index is 2.49. The fourth-order valence-electron chi connectivity index (χ4n) is 1.82. The summed E-state index contributed by atoms with van der Waals surface area (Å²) in [4.78, 5) is 12.9. The number of hydrogen-bond donors (Lipinski definition) is 1. The molecule has 0 fully saturated rings. The molecule has 1 unspecified atom stereocenters. The van der Waals surface area contributed by atoms with Crippen molar-refractivity contribution in [2.24, 2.45) is 0 Å². The van der Waals surface area contributed by atoms with Crippen LogP contribution in [0.3, 0.4) is 0 Å². The van der Waals surface area contributed by atoms with Crippen LogP contribution in [0.15, 0.2) is 22.7 Å². The Bertz CT molecular complexity index is 392. The quantitative estimate of drug-likeness (QED) is 0.836. The lowest BCUT2D eigenvalue weighted by atomic mass is 10.0. The molecule has 0 saturated carbocycles. The highest BCUT2D eigenvalue weighted by Gasteiger charge is 2.31. The fourth-order valence-corrected chi connectivity index (χ4v) is 2.17. The Labute approximate surface area is 90.5 Å². The molecule has 0 spiro atoms. The number of carbonyl (C=O) groups is 1. The fraction of sp³-hybridized carbons (Fsp3) is 0.300. The lowest BCUT2D eigenvalue weighted by Gasteiger charge is -2.11. The Hall–Kier alpha value is -1.03. The first-order chi connectivity index (χ1) is 6.59. The van der Waals surface area contributed by atoms with Crippen LogP contribution < -0.4 is 4.90 Å². The van der Waals surface area contributed by atoms with Gasteiger partial charge in [-0.2, -0.15) is 0 Å². The summed E-state index contributed by atoms with van der Waals surface area (Å²) in [5.74, 6) is -1.14. The van der Waals surface area contributed by atoms with E-state index in [2.05, 4.69) is 15.9 Å². The van der Waals surface area contributed by atoms with Crippen LogP contribution in [0, 0.1) is 0 Å². The Morgan fingerprint density at radius 1 is 1.64 bits per heavy atom. The van der Waals surface area contributed by atoms with E-state index in [9.17, 15) is 4.79 Å². The van der Waals surface area contributed by atoms with Gasteiger partial charge in [0.15, 0.2) is 0 Å². The van der Waals surface area contributed by atoms with Gasteiger partial charge in [0.25, 0.3) is 0 Å². The number of fused-ring (bicyclic) bond motifs is 1. The lowest BCUT2D eigenvalue weighted by Crippen LogP contribution is -2.19. The van der Waals surface area contributed by atoms with Gasteiger partial charge in [-0.1, -0.05) is 22.0 Å². The minimum Gasteiger partial charge on any atom is -0.481 e. The van der Waals surface area contributed by atoms with E-state index < -0.39 is 5.97 Å². The maximum Gasteiger partial charge on any atom is 0.312 e. The maximum atomic E-state index is 11.0. The molecular weight excluding hydrogens is 246 g/mol. The number of halogens is 1. The van der Waals surface area contributed by atoms with Crippen molar-refractivity contribution in [1.29, 1.82) is 0 Å². The normalized spacial score (nSPS) is 19.6. The average molecular weight is 256 g/mol. The van der Waals surface area contributed by atoms with Crippen molar-refractivity contribution >= 4 is 27.6 Å². The van der Waals surface area contributed by atoms with Gasteiger partial charge >= 0.3 is 5.97 Å². The molecule has 3 nitrogen and oxygen atoms in total. The van der Waals surface area contributed by atoms with E-state index in [1.165, 1.54) is 0 Å². The third-order valence-corrected chi connectivity index (χ3v) is 3.03. The number of nitrogens with zero attached hydrogens (tertiary/aromatic N) is 1. The first-order valence-corrected chi connectivity index (χ1v) is 5.12. The molecule has 0 bridgehead atoms. The van der Waals surface area contributed by atoms with Gasteiger partial charge in [-0.25, -0.2) is 0 Å². The molecule has 0 aliphatic carbocycles. The van der Waals surface area contributed by atoms with Crippen LogP contribution in [-0.4, -0.2) is 24.7 Å². The summed E-state index contributed by atoms with van der Waals surface area (Å²) >= 11 is 3.38. The smallest absolute Gasteiger partial charge is 0.312 e. The van der Waals surface area contributed by atoms with E-state index in [0.29, 0.717) is 6.54 Å². The number of aliphatic carboxylic acids is 1. The van der Waals surface area contributed by atoms with Gasteiger partial charge in [0.2, 0.25) is 0 Å². The SMILES string of the molecule is CN1CC(C(=O)O)c2ccc(Br)cc21. The number of rotatable bonds is 1. The van der Waals surface area contributed by atoms with Crippen molar-refractivity contribution in [2.75, 3.05) is 18.5 Å². The van der Waals surface area contributed by atoms with Crippen molar-refractivity contribution in [3.05, 3.63) is 28.2 Å². The van der Waals surface area contributed by atoms with E-state index in [1.54, 1.807) is 0 Å². The molecule has 1 aromatic rings. The summed E-state index contributed by atoms with van der Waals surface area (Å²) in [6.07, 6.45) is 0. The second kappa shape index (κ2) is 3.28. The van der Waals surface area contributed by atoms with Gasteiger partial charge in [-0.05, 0) is 17.7 Å². The number of carboxylic acid groups (broad SMARTS) is 1. The van der Waals surface area contributed by atoms with Gasteiger partial charge in [-0.3, -0.25) is 4.79 Å². The third-order valence-electron chi connectivity index (χ3n) is 2.53. The zero-order valence-corrected chi connectivity index (χ0v) is 9.28. The van der Waals surface area contributed by atoms with Crippen LogP contribution in [0.25, 0.3) is 0 Å². The van der Waals surface area contributed by atoms with Crippen LogP contribution in [0.2, 0.25) is 0 Å². The van der Waals surface area contributed by atoms with Gasteiger partial charge in [0.05, 0.1) is 0 Å². The van der Waals surface area contributed by atoms with Gasteiger partial charge in [0.1, 0.15) is 5.92 Å². The summed E-state index contributed by atoms with van der Waals surface area (Å²) in [5.41, 5.74) is 1.91. The van der Waals surface area contributed by atoms with Gasteiger partial charge in [-0.15, -0.1) is 0 Å². The summed E-state index contributed by atoms with van der Waals surface area (Å²) in [5, 5.41) is 9.01. The van der Waals surface area contributed by atoms with Crippen molar-refractivity contribution in [1.82, 2.24) is 0 Å². The highest BCUT2D eigenvalue weighted by molar-refractivity contribution is 9.10. The Kier molecular flexibility index (Phi) is 2.23. The highest BCUT2D eigenvalue weighted by Crippen LogP contribution is 2.36. The van der Waals surface area contributed by atoms with Gasteiger partial charge < -0.3 is 10.0 Å². The predicted octanol–water partition coefficient (Wildman–Crippen LogP) is 2.07. The topological polar surface area (TPSA) is 40.5 Å². The summed E-state index contributed by atoms with van der Waals surface area (Å²) in [6, 6.07) is 5.72. The van der Waals surface area contributed by atoms with Crippen molar-refractivity contribution < 1.29 is 9.90 Å². The minimum atomic E-state index is -0.752. The molecule has 1 aliphatic rings. The van der Waals surface area contributed by atoms with E-state index in [4.69, 9.17) is 5.11 Å². The van der Waals surface area contributed by atoms with E-state index >= 15 is 0 Å². The standard InChI is InChI=1S/C10H10BrNO2/c1-12-5-8(10(13)14)7-3-2-6(11)4-9(7)12/h2-4,8H,5H2,1H3,(H,13,14). The minimum absolute atomic E-state index is 0.386. The number of anilines is 1. The zero-order chi connectivity index (χ0) is 10.3. The van der Waals surface area contributed by atoms with Crippen molar-refractivity contribution in [3.63, 3.8) is 0 Å². The molecule has 74 valence electrons. The van der Waals surface area contributed by atoms with E-state index in [1.807, 2.05) is 30.1 Å². The molecule has 0 aromatic heterocycles. The number of hydrogen-bond acceptors (Lipinski definition) is 2. The molecule has 1 atom stereocenters. The largest absolute Gasteiger partial charge is 0.481 e. The van der Waals surface area contributed by atoms with E-state index in [0.717, 1.165) is 15.7 Å². The first kappa shape index (κ1) is 9.52. The van der Waals surface area contributed by atoms with Crippen LogP contribution in [-0.2, 0) is 4.79 Å². The molecule has 4 heteroatoms. The molecule has 14 heavy (non-hydrogen) atoms. The predicted molar refractivity (Wildman–Crippen MR) is 57.8 cm³/mol. The van der Waals surface area contributed by atoms with Crippen LogP contribution in [0.5, 0.6) is 0 Å². The van der Waals surface area contributed by atoms with Crippen LogP contribution in [0.1, 0.15) is 11.5 Å². The molecule has 0 radical (unpaired) electrons. The molecule has 0 saturated heterocycles. The second-order valence-electron chi connectivity index (χ2n) is 3.47. The summed E-state index contributed by atoms with van der Waals surface area (Å²) in [7, 11) is 1.91. The average Bonchev–Trinajstić information content (AvgIpc) is 2.44. The monoisotopic (exact) mass is 255 g/mol.